The number of hydrogen-bond donors (Lipinski definition) is 0. The van der Waals surface area contributed by atoms with E-state index in [-0.39, 0.29) is 44.8 Å². The summed E-state index contributed by atoms with van der Waals surface area (Å²) in [4.78, 5) is 0. The van der Waals surface area contributed by atoms with Crippen molar-refractivity contribution in [1.29, 1.82) is 0 Å². The third-order valence-electron chi connectivity index (χ3n) is 11.5. The summed E-state index contributed by atoms with van der Waals surface area (Å²) in [6.45, 7) is 0. The summed E-state index contributed by atoms with van der Waals surface area (Å²) in [5.74, 6) is 5.02. The van der Waals surface area contributed by atoms with Gasteiger partial charge in [0.25, 0.3) is 0 Å². The van der Waals surface area contributed by atoms with E-state index in [1.807, 2.05) is 72.8 Å². The maximum absolute atomic E-state index is 7.35. The van der Waals surface area contributed by atoms with Gasteiger partial charge in [0.05, 0.1) is 0 Å². The molecular formula is C62H44Ag2P2+2. The van der Waals surface area contributed by atoms with Crippen molar-refractivity contribution in [2.75, 3.05) is 0 Å². The molecule has 4 heteroatoms. The molecular weight excluding hydrogens is 1020 g/mol. The Morgan fingerprint density at radius 2 is 0.500 bits per heavy atom. The smallest absolute Gasteiger partial charge is 0.366 e. The molecule has 0 spiro atoms. The zero-order chi connectivity index (χ0) is 43.5. The van der Waals surface area contributed by atoms with Gasteiger partial charge in [0.15, 0.2) is 0 Å². The molecule has 0 amide bonds. The first-order valence-electron chi connectivity index (χ1n) is 21.4. The zero-order valence-corrected chi connectivity index (χ0v) is 40.8. The van der Waals surface area contributed by atoms with Crippen LogP contribution in [0.5, 0.6) is 0 Å². The summed E-state index contributed by atoms with van der Waals surface area (Å²) in [6.07, 6.45) is 14.7. The van der Waals surface area contributed by atoms with Crippen LogP contribution in [0.4, 0.5) is 0 Å². The average molecular weight is 1070 g/mol. The molecule has 0 aliphatic carbocycles. The Kier molecular flexibility index (Phi) is 17.0. The Balaban J connectivity index is 0.000000160. The third-order valence-corrected chi connectivity index (χ3v) is 17.4. The molecule has 0 N–H and O–H groups in total. The van der Waals surface area contributed by atoms with E-state index in [0.717, 1.165) is 32.7 Å². The minimum atomic E-state index is -1.14. The molecule has 0 nitrogen and oxygen atoms in total. The first-order chi connectivity index (χ1) is 31.7. The van der Waals surface area contributed by atoms with Crippen LogP contribution in [0.2, 0.25) is 0 Å². The Morgan fingerprint density at radius 3 is 0.803 bits per heavy atom. The Hall–Kier alpha value is -6.08. The molecule has 0 fully saturated rings. The molecule has 0 heterocycles. The second-order valence-electron chi connectivity index (χ2n) is 15.4. The molecule has 0 saturated carbocycles. The van der Waals surface area contributed by atoms with Gasteiger partial charge >= 0.3 is 44.8 Å². The van der Waals surface area contributed by atoms with E-state index in [1.165, 1.54) is 53.4 Å². The van der Waals surface area contributed by atoms with Gasteiger partial charge in [-0.1, -0.05) is 193 Å². The molecule has 0 radical (unpaired) electrons. The van der Waals surface area contributed by atoms with Crippen LogP contribution in [0.25, 0.3) is 43.1 Å². The predicted molar refractivity (Wildman–Crippen MR) is 282 cm³/mol. The zero-order valence-electron chi connectivity index (χ0n) is 35.9. The van der Waals surface area contributed by atoms with Gasteiger partial charge in [-0.05, 0) is 93.0 Å². The van der Waals surface area contributed by atoms with Crippen molar-refractivity contribution < 1.29 is 44.8 Å². The first kappa shape index (κ1) is 47.9. The molecule has 11 aromatic carbocycles. The van der Waals surface area contributed by atoms with Crippen LogP contribution < -0.4 is 31.8 Å². The van der Waals surface area contributed by atoms with Gasteiger partial charge in [-0.15, -0.1) is 23.3 Å². The van der Waals surface area contributed by atoms with E-state index < -0.39 is 15.8 Å². The topological polar surface area (TPSA) is 0 Å². The number of benzene rings is 11. The Bertz CT molecular complexity index is 3110. The summed E-state index contributed by atoms with van der Waals surface area (Å²) < 4.78 is 0. The summed E-state index contributed by atoms with van der Waals surface area (Å²) >= 11 is 0. The van der Waals surface area contributed by atoms with Gasteiger partial charge in [0.1, 0.15) is 47.7 Å². The van der Waals surface area contributed by atoms with E-state index in [1.54, 1.807) is 0 Å². The van der Waals surface area contributed by atoms with E-state index >= 15 is 0 Å². The van der Waals surface area contributed by atoms with Crippen LogP contribution in [-0.2, 0) is 44.8 Å². The molecule has 0 bridgehead atoms. The van der Waals surface area contributed by atoms with Gasteiger partial charge in [-0.3, -0.25) is 11.8 Å². The minimum Gasteiger partial charge on any atom is -0.366 e. The van der Waals surface area contributed by atoms with Crippen molar-refractivity contribution in [2.24, 2.45) is 0 Å². The molecule has 0 aliphatic heterocycles. The molecule has 0 saturated heterocycles. The van der Waals surface area contributed by atoms with Crippen LogP contribution in [0.3, 0.4) is 0 Å². The van der Waals surface area contributed by atoms with Crippen LogP contribution in [0, 0.1) is 24.7 Å². The number of hydrogen-bond acceptors (Lipinski definition) is 0. The quantitative estimate of drug-likeness (QED) is 0.0512. The third kappa shape index (κ3) is 10.6. The average Bonchev–Trinajstić information content (AvgIpc) is 3.38. The summed E-state index contributed by atoms with van der Waals surface area (Å²) in [5.41, 5.74) is 1.71. The number of fused-ring (bicyclic) bond motifs is 6. The Labute approximate surface area is 422 Å². The molecule has 0 atom stereocenters. The van der Waals surface area contributed by atoms with E-state index in [4.69, 9.17) is 12.8 Å². The minimum absolute atomic E-state index is 0. The van der Waals surface area contributed by atoms with Crippen LogP contribution >= 0.6 is 15.8 Å². The van der Waals surface area contributed by atoms with Gasteiger partial charge < -0.3 is 12.8 Å². The van der Waals surface area contributed by atoms with E-state index in [9.17, 15) is 0 Å². The van der Waals surface area contributed by atoms with Crippen molar-refractivity contribution in [3.63, 3.8) is 0 Å². The van der Waals surface area contributed by atoms with Crippen molar-refractivity contribution in [3.8, 4) is 11.8 Å². The largest absolute Gasteiger partial charge is 1.00 e. The van der Waals surface area contributed by atoms with Gasteiger partial charge in [-0.2, -0.15) is 0 Å². The summed E-state index contributed by atoms with van der Waals surface area (Å²) in [6, 6.07) is 90.3. The van der Waals surface area contributed by atoms with Crippen LogP contribution in [0.15, 0.2) is 255 Å². The molecule has 0 unspecified atom stereocenters. The van der Waals surface area contributed by atoms with Crippen molar-refractivity contribution >= 4 is 90.8 Å². The maximum Gasteiger partial charge on any atom is 1.00 e. The fraction of sp³-hybridized carbons (Fsp3) is 0. The number of rotatable bonds is 6. The normalized spacial score (nSPS) is 10.4. The first-order valence-corrected chi connectivity index (χ1v) is 24.4. The van der Waals surface area contributed by atoms with E-state index in [2.05, 4.69) is 194 Å². The second kappa shape index (κ2) is 23.4. The molecule has 11 aromatic rings. The summed E-state index contributed by atoms with van der Waals surface area (Å²) in [5, 5.41) is 18.1. The molecule has 0 aliphatic rings. The van der Waals surface area contributed by atoms with Crippen LogP contribution in [-0.4, -0.2) is 0 Å². The van der Waals surface area contributed by atoms with Crippen molar-refractivity contribution in [2.45, 2.75) is 0 Å². The van der Waals surface area contributed by atoms with E-state index in [0.29, 0.717) is 0 Å². The Morgan fingerprint density at radius 1 is 0.258 bits per heavy atom. The second-order valence-corrected chi connectivity index (χ2v) is 20.3. The van der Waals surface area contributed by atoms with Crippen LogP contribution in [0.1, 0.15) is 11.1 Å². The molecule has 66 heavy (non-hydrogen) atoms. The monoisotopic (exact) mass is 1060 g/mol. The fourth-order valence-corrected chi connectivity index (χ4v) is 14.6. The van der Waals surface area contributed by atoms with Crippen molar-refractivity contribution in [1.82, 2.24) is 0 Å². The van der Waals surface area contributed by atoms with Gasteiger partial charge in [0.2, 0.25) is 0 Å². The molecule has 11 rings (SSSR count). The van der Waals surface area contributed by atoms with Crippen molar-refractivity contribution in [3.05, 3.63) is 279 Å². The molecule has 322 valence electrons. The molecule has 0 aromatic heterocycles. The predicted octanol–water partition coefficient (Wildman–Crippen LogP) is 12.5. The SMILES string of the molecule is [Ag+].[Ag+].[C-]#Cc1cc2ccccc2c2ccccc12.[C-]#Cc1cc2ccccc2c2ccccc12.c1ccc([PH+](c2ccccc2)c2ccccc2[PH+](c2ccccc2)c2ccccc2)cc1. The fourth-order valence-electron chi connectivity index (χ4n) is 8.61. The maximum atomic E-state index is 7.35. The van der Waals surface area contributed by atoms with Gasteiger partial charge in [-0.25, -0.2) is 0 Å². The standard InChI is InChI=1S/C30H24P2.2C16H9.2Ag/c1-5-15-25(16-6-1)31(26-17-7-2-8-18-26)29-23-13-14-24-30(29)32(27-19-9-3-10-20-27)28-21-11-4-12-22-28;2*1-2-12-11-13-7-3-4-9-15(13)16-10-6-5-8-14(12)16;;/h1-24H;2*3-11H;;/q;2*-1;2*+1/p+2. The van der Waals surface area contributed by atoms with Gasteiger partial charge in [0, 0.05) is 0 Å². The summed E-state index contributed by atoms with van der Waals surface area (Å²) in [7, 11) is -2.28.